The zero-order valence-corrected chi connectivity index (χ0v) is 15.0. The third-order valence-corrected chi connectivity index (χ3v) is 4.32. The molecule has 2 aromatic heterocycles. The smallest absolute Gasteiger partial charge is 0.224 e. The maximum atomic E-state index is 13.0. The summed E-state index contributed by atoms with van der Waals surface area (Å²) in [5.74, 6) is 0.974. The molecule has 136 valence electrons. The summed E-state index contributed by atoms with van der Waals surface area (Å²) in [6, 6.07) is 16.3. The van der Waals surface area contributed by atoms with Gasteiger partial charge in [-0.25, -0.2) is 9.37 Å². The van der Waals surface area contributed by atoms with Gasteiger partial charge in [-0.05, 0) is 49.2 Å². The lowest BCUT2D eigenvalue weighted by atomic mass is 10.1. The van der Waals surface area contributed by atoms with E-state index in [0.717, 1.165) is 29.9 Å². The standard InChI is InChI=1S/C21H20FN5/c1-14-12-20(26-17-8-6-16(22)7-9-17)27-21(25-14)23-11-10-15-13-24-19-5-3-2-4-18(15)19/h2-9,12-13,24H,10-11H2,1H3,(H2,23,25,26,27). The molecule has 3 N–H and O–H groups in total. The summed E-state index contributed by atoms with van der Waals surface area (Å²) in [5.41, 5.74) is 4.03. The van der Waals surface area contributed by atoms with Crippen molar-refractivity contribution >= 4 is 28.4 Å². The van der Waals surface area contributed by atoms with Gasteiger partial charge in [0.1, 0.15) is 11.6 Å². The van der Waals surface area contributed by atoms with Crippen molar-refractivity contribution in [1.82, 2.24) is 15.0 Å². The van der Waals surface area contributed by atoms with Gasteiger partial charge in [-0.2, -0.15) is 4.98 Å². The average molecular weight is 361 g/mol. The van der Waals surface area contributed by atoms with Gasteiger partial charge in [0, 0.05) is 41.1 Å². The van der Waals surface area contributed by atoms with Gasteiger partial charge >= 0.3 is 0 Å². The summed E-state index contributed by atoms with van der Waals surface area (Å²) in [7, 11) is 0. The fraction of sp³-hybridized carbons (Fsp3) is 0.143. The highest BCUT2D eigenvalue weighted by molar-refractivity contribution is 5.83. The first kappa shape index (κ1) is 17.0. The van der Waals surface area contributed by atoms with Crippen molar-refractivity contribution in [1.29, 1.82) is 0 Å². The lowest BCUT2D eigenvalue weighted by molar-refractivity contribution is 0.628. The van der Waals surface area contributed by atoms with Gasteiger partial charge in [0.05, 0.1) is 0 Å². The number of H-pyrrole nitrogens is 1. The predicted molar refractivity (Wildman–Crippen MR) is 107 cm³/mol. The van der Waals surface area contributed by atoms with Crippen LogP contribution in [-0.2, 0) is 6.42 Å². The third-order valence-electron chi connectivity index (χ3n) is 4.32. The molecule has 4 rings (SSSR count). The van der Waals surface area contributed by atoms with Crippen LogP contribution < -0.4 is 10.6 Å². The Hall–Kier alpha value is -3.41. The van der Waals surface area contributed by atoms with E-state index in [1.807, 2.05) is 31.3 Å². The number of aryl methyl sites for hydroxylation is 1. The Morgan fingerprint density at radius 2 is 1.85 bits per heavy atom. The Morgan fingerprint density at radius 1 is 1.04 bits per heavy atom. The molecule has 2 heterocycles. The van der Waals surface area contributed by atoms with E-state index in [4.69, 9.17) is 0 Å². The Morgan fingerprint density at radius 3 is 2.70 bits per heavy atom. The van der Waals surface area contributed by atoms with Gasteiger partial charge in [0.15, 0.2) is 0 Å². The van der Waals surface area contributed by atoms with Crippen molar-refractivity contribution in [2.45, 2.75) is 13.3 Å². The molecule has 0 saturated heterocycles. The SMILES string of the molecule is Cc1cc(Nc2ccc(F)cc2)nc(NCCc2c[nH]c3ccccc23)n1. The second-order valence-electron chi connectivity index (χ2n) is 6.39. The first-order valence-corrected chi connectivity index (χ1v) is 8.84. The third kappa shape index (κ3) is 4.06. The number of benzene rings is 2. The highest BCUT2D eigenvalue weighted by Gasteiger charge is 2.05. The molecular weight excluding hydrogens is 341 g/mol. The van der Waals surface area contributed by atoms with Crippen LogP contribution in [0.1, 0.15) is 11.3 Å². The molecule has 0 saturated carbocycles. The maximum absolute atomic E-state index is 13.0. The molecule has 0 spiro atoms. The molecule has 27 heavy (non-hydrogen) atoms. The summed E-state index contributed by atoms with van der Waals surface area (Å²) >= 11 is 0. The monoisotopic (exact) mass is 361 g/mol. The minimum absolute atomic E-state index is 0.265. The quantitative estimate of drug-likeness (QED) is 0.461. The Bertz CT molecular complexity index is 1060. The van der Waals surface area contributed by atoms with Gasteiger partial charge in [0.25, 0.3) is 0 Å². The molecule has 0 amide bonds. The fourth-order valence-electron chi connectivity index (χ4n) is 3.04. The normalized spacial score (nSPS) is 10.9. The van der Waals surface area contributed by atoms with E-state index in [2.05, 4.69) is 37.7 Å². The Balaban J connectivity index is 1.43. The number of nitrogens with one attached hydrogen (secondary N) is 3. The zero-order valence-electron chi connectivity index (χ0n) is 15.0. The molecule has 0 atom stereocenters. The summed E-state index contributed by atoms with van der Waals surface area (Å²) in [6.07, 6.45) is 2.91. The second kappa shape index (κ2) is 7.45. The van der Waals surface area contributed by atoms with Crippen molar-refractivity contribution in [2.75, 3.05) is 17.2 Å². The van der Waals surface area contributed by atoms with E-state index < -0.39 is 0 Å². The number of hydrogen-bond acceptors (Lipinski definition) is 4. The topological polar surface area (TPSA) is 65.6 Å². The van der Waals surface area contributed by atoms with E-state index in [0.29, 0.717) is 11.8 Å². The molecule has 0 radical (unpaired) electrons. The van der Waals surface area contributed by atoms with Crippen LogP contribution >= 0.6 is 0 Å². The minimum atomic E-state index is -0.265. The van der Waals surface area contributed by atoms with Crippen LogP contribution in [0, 0.1) is 12.7 Å². The van der Waals surface area contributed by atoms with E-state index in [-0.39, 0.29) is 5.82 Å². The van der Waals surface area contributed by atoms with Crippen LogP contribution in [0.4, 0.5) is 21.8 Å². The van der Waals surface area contributed by atoms with E-state index >= 15 is 0 Å². The largest absolute Gasteiger partial charge is 0.361 e. The lowest BCUT2D eigenvalue weighted by Gasteiger charge is -2.10. The molecule has 0 unspecified atom stereocenters. The number of halogens is 1. The van der Waals surface area contributed by atoms with E-state index in [1.165, 1.54) is 23.1 Å². The van der Waals surface area contributed by atoms with Crippen LogP contribution in [0.25, 0.3) is 10.9 Å². The number of anilines is 3. The summed E-state index contributed by atoms with van der Waals surface area (Å²) in [4.78, 5) is 12.2. The van der Waals surface area contributed by atoms with Crippen LogP contribution in [-0.4, -0.2) is 21.5 Å². The average Bonchev–Trinajstić information content (AvgIpc) is 3.07. The second-order valence-corrected chi connectivity index (χ2v) is 6.39. The van der Waals surface area contributed by atoms with Crippen LogP contribution in [0.15, 0.2) is 60.8 Å². The molecule has 5 nitrogen and oxygen atoms in total. The van der Waals surface area contributed by atoms with Crippen LogP contribution in [0.5, 0.6) is 0 Å². The summed E-state index contributed by atoms with van der Waals surface area (Å²) in [6.45, 7) is 2.64. The number of hydrogen-bond donors (Lipinski definition) is 3. The van der Waals surface area contributed by atoms with Gasteiger partial charge in [-0.1, -0.05) is 18.2 Å². The predicted octanol–water partition coefficient (Wildman–Crippen LogP) is 4.80. The van der Waals surface area contributed by atoms with Crippen molar-refractivity contribution < 1.29 is 4.39 Å². The highest BCUT2D eigenvalue weighted by Crippen LogP contribution is 2.19. The highest BCUT2D eigenvalue weighted by atomic mass is 19.1. The molecule has 4 aromatic rings. The molecule has 0 bridgehead atoms. The van der Waals surface area contributed by atoms with Crippen molar-refractivity contribution in [3.63, 3.8) is 0 Å². The molecule has 6 heteroatoms. The fourth-order valence-corrected chi connectivity index (χ4v) is 3.04. The van der Waals surface area contributed by atoms with Gasteiger partial charge < -0.3 is 15.6 Å². The van der Waals surface area contributed by atoms with Crippen molar-refractivity contribution in [2.24, 2.45) is 0 Å². The summed E-state index contributed by atoms with van der Waals surface area (Å²) in [5, 5.41) is 7.70. The van der Waals surface area contributed by atoms with E-state index in [9.17, 15) is 4.39 Å². The minimum Gasteiger partial charge on any atom is -0.361 e. The van der Waals surface area contributed by atoms with Gasteiger partial charge in [-0.3, -0.25) is 0 Å². The first-order valence-electron chi connectivity index (χ1n) is 8.84. The number of rotatable bonds is 6. The van der Waals surface area contributed by atoms with E-state index in [1.54, 1.807) is 12.1 Å². The number of aromatic amines is 1. The maximum Gasteiger partial charge on any atom is 0.224 e. The number of nitrogens with zero attached hydrogens (tertiary/aromatic N) is 2. The van der Waals surface area contributed by atoms with Gasteiger partial charge in [-0.15, -0.1) is 0 Å². The molecule has 0 aliphatic rings. The zero-order chi connectivity index (χ0) is 18.6. The molecule has 0 fully saturated rings. The first-order chi connectivity index (χ1) is 13.2. The molecule has 0 aliphatic carbocycles. The molecular formula is C21H20FN5. The Labute approximate surface area is 156 Å². The van der Waals surface area contributed by atoms with Crippen LogP contribution in [0.3, 0.4) is 0 Å². The Kier molecular flexibility index (Phi) is 4.70. The lowest BCUT2D eigenvalue weighted by Crippen LogP contribution is -2.09. The number of para-hydroxylation sites is 1. The van der Waals surface area contributed by atoms with Crippen molar-refractivity contribution in [3.8, 4) is 0 Å². The van der Waals surface area contributed by atoms with Crippen molar-refractivity contribution in [3.05, 3.63) is 77.9 Å². The molecule has 2 aromatic carbocycles. The number of aromatic nitrogens is 3. The van der Waals surface area contributed by atoms with Gasteiger partial charge in [0.2, 0.25) is 5.95 Å². The van der Waals surface area contributed by atoms with Crippen LogP contribution in [0.2, 0.25) is 0 Å². The molecule has 0 aliphatic heterocycles. The summed E-state index contributed by atoms with van der Waals surface area (Å²) < 4.78 is 13.0. The number of fused-ring (bicyclic) bond motifs is 1.